The molecule has 0 radical (unpaired) electrons. The molecule has 0 amide bonds. The number of nitrogens with two attached hydrogens (primary N) is 1. The minimum Gasteiger partial charge on any atom is -0.397 e. The number of halogens is 3. The van der Waals surface area contributed by atoms with E-state index in [0.29, 0.717) is 15.7 Å². The quantitative estimate of drug-likeness (QED) is 0.665. The van der Waals surface area contributed by atoms with Crippen molar-refractivity contribution in [3.05, 3.63) is 56.0 Å². The van der Waals surface area contributed by atoms with Gasteiger partial charge in [-0.05, 0) is 49.2 Å². The number of nitrogens with one attached hydrogen (secondary N) is 1. The first-order valence-corrected chi connectivity index (χ1v) is 7.71. The Bertz CT molecular complexity index is 644. The zero-order valence-electron chi connectivity index (χ0n) is 11.2. The maximum Gasteiger partial charge on any atom is 0.0619 e. The minimum absolute atomic E-state index is 0.0232. The van der Waals surface area contributed by atoms with E-state index in [1.54, 1.807) is 6.07 Å². The molecule has 2 aromatic rings. The molecule has 0 unspecified atom stereocenters. The van der Waals surface area contributed by atoms with Gasteiger partial charge in [0.05, 0.1) is 17.4 Å². The molecule has 0 fully saturated rings. The molecule has 0 aliphatic carbocycles. The van der Waals surface area contributed by atoms with E-state index in [4.69, 9.17) is 28.9 Å². The van der Waals surface area contributed by atoms with Crippen LogP contribution in [0, 0.1) is 6.92 Å². The number of hydrogen-bond donors (Lipinski definition) is 2. The molecule has 0 aliphatic rings. The van der Waals surface area contributed by atoms with Crippen LogP contribution in [0.3, 0.4) is 0 Å². The van der Waals surface area contributed by atoms with Crippen molar-refractivity contribution < 1.29 is 0 Å². The third kappa shape index (κ3) is 3.22. The van der Waals surface area contributed by atoms with Gasteiger partial charge in [-0.3, -0.25) is 0 Å². The maximum atomic E-state index is 6.24. The van der Waals surface area contributed by atoms with Gasteiger partial charge in [-0.25, -0.2) is 0 Å². The van der Waals surface area contributed by atoms with Crippen molar-refractivity contribution in [2.24, 2.45) is 0 Å². The molecule has 0 saturated heterocycles. The fraction of sp³-hybridized carbons (Fsp3) is 0.200. The van der Waals surface area contributed by atoms with E-state index >= 15 is 0 Å². The van der Waals surface area contributed by atoms with Crippen molar-refractivity contribution in [2.75, 3.05) is 11.1 Å². The summed E-state index contributed by atoms with van der Waals surface area (Å²) in [6.07, 6.45) is 0. The van der Waals surface area contributed by atoms with Crippen molar-refractivity contribution in [3.63, 3.8) is 0 Å². The highest BCUT2D eigenvalue weighted by Crippen LogP contribution is 2.34. The van der Waals surface area contributed by atoms with E-state index in [2.05, 4.69) is 21.2 Å². The topological polar surface area (TPSA) is 38.0 Å². The van der Waals surface area contributed by atoms with E-state index in [1.165, 1.54) is 0 Å². The molecule has 2 rings (SSSR count). The highest BCUT2D eigenvalue weighted by atomic mass is 79.9. The van der Waals surface area contributed by atoms with Crippen molar-refractivity contribution in [3.8, 4) is 0 Å². The highest BCUT2D eigenvalue weighted by Gasteiger charge is 2.13. The second kappa shape index (κ2) is 6.25. The van der Waals surface area contributed by atoms with Crippen LogP contribution in [0.1, 0.15) is 24.1 Å². The van der Waals surface area contributed by atoms with Crippen LogP contribution in [-0.4, -0.2) is 0 Å². The summed E-state index contributed by atoms with van der Waals surface area (Å²) < 4.78 is 1.02. The first-order valence-electron chi connectivity index (χ1n) is 6.16. The molecule has 5 heteroatoms. The molecule has 0 heterocycles. The van der Waals surface area contributed by atoms with Crippen LogP contribution < -0.4 is 11.1 Å². The van der Waals surface area contributed by atoms with Crippen molar-refractivity contribution in [1.29, 1.82) is 0 Å². The Morgan fingerprint density at radius 2 is 1.90 bits per heavy atom. The summed E-state index contributed by atoms with van der Waals surface area (Å²) in [4.78, 5) is 0. The average Bonchev–Trinajstić information content (AvgIpc) is 2.39. The van der Waals surface area contributed by atoms with E-state index in [-0.39, 0.29) is 6.04 Å². The van der Waals surface area contributed by atoms with Gasteiger partial charge in [-0.2, -0.15) is 0 Å². The second-order valence-corrected chi connectivity index (χ2v) is 6.37. The molecule has 0 saturated carbocycles. The summed E-state index contributed by atoms with van der Waals surface area (Å²) in [5.74, 6) is 0. The van der Waals surface area contributed by atoms with Crippen LogP contribution in [0.4, 0.5) is 11.4 Å². The number of hydrogen-bond acceptors (Lipinski definition) is 2. The van der Waals surface area contributed by atoms with Gasteiger partial charge >= 0.3 is 0 Å². The summed E-state index contributed by atoms with van der Waals surface area (Å²) in [6, 6.07) is 9.33. The molecular formula is C15H15BrCl2N2. The Labute approximate surface area is 137 Å². The standard InChI is InChI=1S/C15H15BrCl2N2/c1-8-12(16)5-6-14(19)15(8)20-9(2)11-4-3-10(17)7-13(11)18/h3-7,9,20H,19H2,1-2H3/t9-/m1/s1. The number of rotatable bonds is 3. The fourth-order valence-electron chi connectivity index (χ4n) is 2.05. The smallest absolute Gasteiger partial charge is 0.0619 e. The van der Waals surface area contributed by atoms with E-state index < -0.39 is 0 Å². The summed E-state index contributed by atoms with van der Waals surface area (Å²) >= 11 is 15.7. The van der Waals surface area contributed by atoms with Gasteiger partial charge in [0.25, 0.3) is 0 Å². The lowest BCUT2D eigenvalue weighted by molar-refractivity contribution is 0.883. The van der Waals surface area contributed by atoms with E-state index in [0.717, 1.165) is 21.3 Å². The van der Waals surface area contributed by atoms with Crippen LogP contribution in [0.25, 0.3) is 0 Å². The molecule has 0 bridgehead atoms. The molecule has 2 nitrogen and oxygen atoms in total. The Morgan fingerprint density at radius 1 is 1.20 bits per heavy atom. The molecule has 0 spiro atoms. The van der Waals surface area contributed by atoms with Gasteiger partial charge < -0.3 is 11.1 Å². The number of anilines is 2. The zero-order valence-corrected chi connectivity index (χ0v) is 14.3. The molecule has 0 aliphatic heterocycles. The lowest BCUT2D eigenvalue weighted by atomic mass is 10.1. The predicted molar refractivity (Wildman–Crippen MR) is 91.8 cm³/mol. The number of nitrogen functional groups attached to an aromatic ring is 1. The Morgan fingerprint density at radius 3 is 2.55 bits per heavy atom. The van der Waals surface area contributed by atoms with Crippen LogP contribution in [0.5, 0.6) is 0 Å². The maximum absolute atomic E-state index is 6.24. The third-order valence-electron chi connectivity index (χ3n) is 3.22. The average molecular weight is 374 g/mol. The first kappa shape index (κ1) is 15.5. The van der Waals surface area contributed by atoms with Crippen molar-refractivity contribution in [2.45, 2.75) is 19.9 Å². The highest BCUT2D eigenvalue weighted by molar-refractivity contribution is 9.10. The second-order valence-electron chi connectivity index (χ2n) is 4.67. The molecule has 2 aromatic carbocycles. The Kier molecular flexibility index (Phi) is 4.84. The normalized spacial score (nSPS) is 12.2. The van der Waals surface area contributed by atoms with Crippen LogP contribution in [-0.2, 0) is 0 Å². The molecule has 0 aromatic heterocycles. The third-order valence-corrected chi connectivity index (χ3v) is 4.64. The molecule has 3 N–H and O–H groups in total. The van der Waals surface area contributed by atoms with Gasteiger partial charge in [-0.15, -0.1) is 0 Å². The SMILES string of the molecule is Cc1c(Br)ccc(N)c1N[C@H](C)c1ccc(Cl)cc1Cl. The fourth-order valence-corrected chi connectivity index (χ4v) is 2.95. The van der Waals surface area contributed by atoms with Crippen LogP contribution in [0.2, 0.25) is 10.0 Å². The Hall–Kier alpha value is -0.900. The van der Waals surface area contributed by atoms with Crippen molar-refractivity contribution >= 4 is 50.5 Å². The minimum atomic E-state index is 0.0232. The van der Waals surface area contributed by atoms with Gasteiger partial charge in [-0.1, -0.05) is 45.2 Å². The molecular weight excluding hydrogens is 359 g/mol. The van der Waals surface area contributed by atoms with Crippen LogP contribution >= 0.6 is 39.1 Å². The summed E-state index contributed by atoms with van der Waals surface area (Å²) in [5.41, 5.74) is 9.72. The van der Waals surface area contributed by atoms with Gasteiger partial charge in [0, 0.05) is 14.5 Å². The molecule has 20 heavy (non-hydrogen) atoms. The lowest BCUT2D eigenvalue weighted by Crippen LogP contribution is -2.10. The predicted octanol–water partition coefficient (Wildman–Crippen LogP) is 5.82. The Balaban J connectivity index is 2.32. The summed E-state index contributed by atoms with van der Waals surface area (Å²) in [6.45, 7) is 4.05. The number of benzene rings is 2. The van der Waals surface area contributed by atoms with Gasteiger partial charge in [0.2, 0.25) is 0 Å². The zero-order chi connectivity index (χ0) is 14.9. The molecule has 106 valence electrons. The summed E-state index contributed by atoms with van der Waals surface area (Å²) in [7, 11) is 0. The lowest BCUT2D eigenvalue weighted by Gasteiger charge is -2.20. The molecule has 1 atom stereocenters. The largest absolute Gasteiger partial charge is 0.397 e. The first-order chi connectivity index (χ1) is 9.40. The summed E-state index contributed by atoms with van der Waals surface area (Å²) in [5, 5.41) is 4.68. The van der Waals surface area contributed by atoms with Crippen molar-refractivity contribution in [1.82, 2.24) is 0 Å². The monoisotopic (exact) mass is 372 g/mol. The van der Waals surface area contributed by atoms with Gasteiger partial charge in [0.1, 0.15) is 0 Å². The van der Waals surface area contributed by atoms with E-state index in [1.807, 2.05) is 38.1 Å². The van der Waals surface area contributed by atoms with Gasteiger partial charge in [0.15, 0.2) is 0 Å². The van der Waals surface area contributed by atoms with Crippen LogP contribution in [0.15, 0.2) is 34.8 Å². The van der Waals surface area contributed by atoms with E-state index in [9.17, 15) is 0 Å².